The van der Waals surface area contributed by atoms with E-state index in [9.17, 15) is 36.2 Å². The topological polar surface area (TPSA) is 212 Å². The largest absolute Gasteiger partial charge is 0.506 e. The molecule has 7 N–H and O–H groups in total. The van der Waals surface area contributed by atoms with Crippen LogP contribution in [0.4, 0.5) is 28.4 Å². The highest BCUT2D eigenvalue weighted by Crippen LogP contribution is 2.43. The van der Waals surface area contributed by atoms with Gasteiger partial charge in [0, 0.05) is 21.8 Å². The van der Waals surface area contributed by atoms with E-state index in [0.717, 1.165) is 12.1 Å². The van der Waals surface area contributed by atoms with Gasteiger partial charge in [0.15, 0.2) is 5.75 Å². The van der Waals surface area contributed by atoms with Gasteiger partial charge in [0.2, 0.25) is 0 Å². The van der Waals surface area contributed by atoms with E-state index in [1.807, 2.05) is 0 Å². The van der Waals surface area contributed by atoms with Crippen LogP contribution in [0, 0.1) is 0 Å². The molecule has 0 saturated carbocycles. The number of aromatic hydroxyl groups is 2. The molecule has 0 bridgehead atoms. The molecule has 0 amide bonds. The van der Waals surface area contributed by atoms with Crippen molar-refractivity contribution < 1.29 is 36.2 Å². The van der Waals surface area contributed by atoms with Crippen LogP contribution in [0.3, 0.4) is 0 Å². The standard InChI is InChI=1S/C22H17ClN4O8S2/c23-12-1-6-18(28)17(9-12)26-27-21-20(37(33,34)35)8-11-7-13(2-4-15(11)22(21)29)25-14-3-5-16(24)19(10-14)36(30,31)32/h1-10,25,28-29H,24H2,(H,30,31,32)(H,33,34,35). The average molecular weight is 565 g/mol. The number of nitrogens with zero attached hydrogens (tertiary/aromatic N) is 2. The van der Waals surface area contributed by atoms with Crippen LogP contribution in [0.2, 0.25) is 5.02 Å². The van der Waals surface area contributed by atoms with Gasteiger partial charge in [0.25, 0.3) is 20.2 Å². The summed E-state index contributed by atoms with van der Waals surface area (Å²) in [4.78, 5) is -1.27. The number of benzene rings is 4. The number of phenolic OH excluding ortho intramolecular Hbond substituents is 2. The average Bonchev–Trinajstić information content (AvgIpc) is 2.80. The zero-order valence-electron chi connectivity index (χ0n) is 18.4. The maximum atomic E-state index is 12.1. The molecule has 0 unspecified atom stereocenters. The number of phenols is 2. The Morgan fingerprint density at radius 2 is 1.43 bits per heavy atom. The highest BCUT2D eigenvalue weighted by molar-refractivity contribution is 7.86. The molecule has 4 aromatic carbocycles. The number of nitrogens with two attached hydrogens (primary N) is 1. The fourth-order valence-electron chi connectivity index (χ4n) is 3.41. The van der Waals surface area contributed by atoms with Crippen molar-refractivity contribution >= 4 is 71.0 Å². The minimum absolute atomic E-state index is 0.111. The summed E-state index contributed by atoms with van der Waals surface area (Å²) in [6, 6.07) is 13.1. The summed E-state index contributed by atoms with van der Waals surface area (Å²) in [5, 5.41) is 31.6. The summed E-state index contributed by atoms with van der Waals surface area (Å²) >= 11 is 5.87. The molecule has 0 aliphatic carbocycles. The van der Waals surface area contributed by atoms with Gasteiger partial charge in [-0.3, -0.25) is 9.11 Å². The molecule has 4 aromatic rings. The number of anilines is 3. The van der Waals surface area contributed by atoms with E-state index in [1.54, 1.807) is 0 Å². The molecule has 192 valence electrons. The molecule has 0 saturated heterocycles. The quantitative estimate of drug-likeness (QED) is 0.103. The number of rotatable bonds is 6. The number of nitrogens with one attached hydrogen (secondary N) is 1. The second kappa shape index (κ2) is 9.49. The molecule has 0 aliphatic heterocycles. The molecule has 0 radical (unpaired) electrons. The Labute approximate surface area is 215 Å². The maximum absolute atomic E-state index is 12.1. The van der Waals surface area contributed by atoms with Crippen LogP contribution in [0.5, 0.6) is 11.5 Å². The molecule has 0 aliphatic rings. The van der Waals surface area contributed by atoms with Crippen molar-refractivity contribution in [2.75, 3.05) is 11.1 Å². The second-order valence-electron chi connectivity index (χ2n) is 7.67. The summed E-state index contributed by atoms with van der Waals surface area (Å²) in [5.74, 6) is -0.930. The third-order valence-corrected chi connectivity index (χ3v) is 7.12. The van der Waals surface area contributed by atoms with Crippen LogP contribution < -0.4 is 11.1 Å². The second-order valence-corrected chi connectivity index (χ2v) is 10.9. The first-order chi connectivity index (χ1) is 17.2. The van der Waals surface area contributed by atoms with Crippen molar-refractivity contribution in [1.29, 1.82) is 0 Å². The van der Waals surface area contributed by atoms with E-state index < -0.39 is 41.5 Å². The minimum atomic E-state index is -4.90. The lowest BCUT2D eigenvalue weighted by Gasteiger charge is -2.12. The van der Waals surface area contributed by atoms with E-state index >= 15 is 0 Å². The smallest absolute Gasteiger partial charge is 0.296 e. The summed E-state index contributed by atoms with van der Waals surface area (Å²) < 4.78 is 66.3. The Kier molecular flexibility index (Phi) is 6.70. The van der Waals surface area contributed by atoms with Gasteiger partial charge >= 0.3 is 0 Å². The van der Waals surface area contributed by atoms with Gasteiger partial charge in [0.1, 0.15) is 26.9 Å². The fraction of sp³-hybridized carbons (Fsp3) is 0. The lowest BCUT2D eigenvalue weighted by molar-refractivity contribution is 0.471. The van der Waals surface area contributed by atoms with Gasteiger partial charge in [-0.1, -0.05) is 11.6 Å². The molecule has 0 aromatic heterocycles. The van der Waals surface area contributed by atoms with Crippen LogP contribution in [-0.2, 0) is 20.2 Å². The third kappa shape index (κ3) is 5.58. The molecule has 12 nitrogen and oxygen atoms in total. The van der Waals surface area contributed by atoms with Gasteiger partial charge in [-0.05, 0) is 66.0 Å². The van der Waals surface area contributed by atoms with Crippen molar-refractivity contribution in [3.05, 3.63) is 65.7 Å². The number of hydrogen-bond acceptors (Lipinski definition) is 10. The maximum Gasteiger partial charge on any atom is 0.296 e. The number of hydrogen-bond donors (Lipinski definition) is 6. The highest BCUT2D eigenvalue weighted by Gasteiger charge is 2.22. The van der Waals surface area contributed by atoms with Crippen molar-refractivity contribution in [3.8, 4) is 11.5 Å². The molecule has 0 spiro atoms. The van der Waals surface area contributed by atoms with Crippen LogP contribution in [0.15, 0.2) is 80.7 Å². The van der Waals surface area contributed by atoms with Gasteiger partial charge in [0.05, 0.1) is 5.69 Å². The first kappa shape index (κ1) is 26.1. The van der Waals surface area contributed by atoms with Crippen molar-refractivity contribution in [2.24, 2.45) is 10.2 Å². The van der Waals surface area contributed by atoms with E-state index in [4.69, 9.17) is 17.3 Å². The number of halogens is 1. The summed E-state index contributed by atoms with van der Waals surface area (Å²) in [6.07, 6.45) is 0. The Hall–Kier alpha value is -3.95. The lowest BCUT2D eigenvalue weighted by atomic mass is 10.1. The number of azo groups is 1. The Bertz CT molecular complexity index is 1810. The van der Waals surface area contributed by atoms with Gasteiger partial charge < -0.3 is 21.3 Å². The fourth-order valence-corrected chi connectivity index (χ4v) is 4.87. The van der Waals surface area contributed by atoms with Gasteiger partial charge in [-0.15, -0.1) is 10.2 Å². The Morgan fingerprint density at radius 1 is 0.784 bits per heavy atom. The van der Waals surface area contributed by atoms with E-state index in [-0.39, 0.29) is 38.6 Å². The van der Waals surface area contributed by atoms with E-state index in [1.165, 1.54) is 48.5 Å². The van der Waals surface area contributed by atoms with Crippen molar-refractivity contribution in [3.63, 3.8) is 0 Å². The highest BCUT2D eigenvalue weighted by atomic mass is 35.5. The summed E-state index contributed by atoms with van der Waals surface area (Å²) in [5.41, 5.74) is 5.30. The molecular weight excluding hydrogens is 548 g/mol. The molecule has 15 heteroatoms. The first-order valence-electron chi connectivity index (χ1n) is 10.1. The summed E-state index contributed by atoms with van der Waals surface area (Å²) in [7, 11) is -9.48. The molecule has 37 heavy (non-hydrogen) atoms. The normalized spacial score (nSPS) is 12.3. The van der Waals surface area contributed by atoms with Crippen LogP contribution >= 0.6 is 11.6 Å². The van der Waals surface area contributed by atoms with Gasteiger partial charge in [-0.2, -0.15) is 16.8 Å². The zero-order chi connectivity index (χ0) is 27.1. The Balaban J connectivity index is 1.81. The lowest BCUT2D eigenvalue weighted by Crippen LogP contribution is -2.04. The third-order valence-electron chi connectivity index (χ3n) is 5.10. The SMILES string of the molecule is Nc1ccc(Nc2ccc3c(O)c(N=Nc4cc(Cl)ccc4O)c(S(=O)(=O)O)cc3c2)cc1S(=O)(=O)O. The van der Waals surface area contributed by atoms with Crippen molar-refractivity contribution in [1.82, 2.24) is 0 Å². The molecule has 0 heterocycles. The van der Waals surface area contributed by atoms with Crippen LogP contribution in [-0.4, -0.2) is 36.2 Å². The monoisotopic (exact) mass is 564 g/mol. The first-order valence-corrected chi connectivity index (χ1v) is 13.3. The number of nitrogen functional groups attached to an aromatic ring is 1. The zero-order valence-corrected chi connectivity index (χ0v) is 20.8. The molecule has 4 rings (SSSR count). The molecule has 0 atom stereocenters. The van der Waals surface area contributed by atoms with Crippen molar-refractivity contribution in [2.45, 2.75) is 9.79 Å². The number of fused-ring (bicyclic) bond motifs is 1. The molecular formula is C22H17ClN4O8S2. The predicted octanol–water partition coefficient (Wildman–Crippen LogP) is 5.14. The summed E-state index contributed by atoms with van der Waals surface area (Å²) in [6.45, 7) is 0. The van der Waals surface area contributed by atoms with E-state index in [2.05, 4.69) is 15.5 Å². The Morgan fingerprint density at radius 3 is 2.11 bits per heavy atom. The van der Waals surface area contributed by atoms with E-state index in [0.29, 0.717) is 5.69 Å². The minimum Gasteiger partial charge on any atom is -0.506 e. The van der Waals surface area contributed by atoms with Crippen LogP contribution in [0.1, 0.15) is 0 Å². The van der Waals surface area contributed by atoms with Gasteiger partial charge in [-0.25, -0.2) is 0 Å². The predicted molar refractivity (Wildman–Crippen MR) is 137 cm³/mol. The van der Waals surface area contributed by atoms with Crippen LogP contribution in [0.25, 0.3) is 10.8 Å². The molecule has 0 fully saturated rings.